The van der Waals surface area contributed by atoms with Crippen LogP contribution in [0.5, 0.6) is 0 Å². The number of carbonyl (C=O) groups excluding carboxylic acids is 1. The van der Waals surface area contributed by atoms with Crippen molar-refractivity contribution in [3.05, 3.63) is 35.5 Å². The summed E-state index contributed by atoms with van der Waals surface area (Å²) in [5, 5.41) is 12.9. The Morgan fingerprint density at radius 2 is 2.28 bits per heavy atom. The van der Waals surface area contributed by atoms with Gasteiger partial charge in [-0.25, -0.2) is 4.79 Å². The number of benzene rings is 1. The summed E-state index contributed by atoms with van der Waals surface area (Å²) in [5.41, 5.74) is 3.03. The first kappa shape index (κ1) is 11.3. The average molecular weight is 246 g/mol. The molecule has 0 spiro atoms. The van der Waals surface area contributed by atoms with Crippen molar-refractivity contribution >= 4 is 16.9 Å². The second-order valence-corrected chi connectivity index (χ2v) is 4.29. The van der Waals surface area contributed by atoms with Crippen molar-refractivity contribution in [1.82, 2.24) is 10.3 Å². The summed E-state index contributed by atoms with van der Waals surface area (Å²) < 4.78 is 4.67. The maximum atomic E-state index is 11.8. The van der Waals surface area contributed by atoms with Gasteiger partial charge in [0.2, 0.25) is 0 Å². The van der Waals surface area contributed by atoms with Crippen molar-refractivity contribution in [2.75, 3.05) is 13.3 Å². The summed E-state index contributed by atoms with van der Waals surface area (Å²) in [4.78, 5) is 15.0. The molecule has 2 aromatic rings. The van der Waals surface area contributed by atoms with Crippen LogP contribution in [0.4, 0.5) is 0 Å². The lowest BCUT2D eigenvalue weighted by molar-refractivity contribution is -0.154. The zero-order valence-corrected chi connectivity index (χ0v) is 9.77. The molecule has 5 nitrogen and oxygen atoms in total. The number of aliphatic hydroxyl groups excluding tert-OH is 1. The van der Waals surface area contributed by atoms with Crippen LogP contribution in [0, 0.1) is 0 Å². The lowest BCUT2D eigenvalue weighted by atomic mass is 9.99. The van der Waals surface area contributed by atoms with Gasteiger partial charge in [0.1, 0.15) is 6.04 Å². The van der Waals surface area contributed by atoms with Gasteiger partial charge in [0.25, 0.3) is 0 Å². The first-order chi connectivity index (χ1) is 8.81. The highest BCUT2D eigenvalue weighted by atomic mass is 16.6. The second kappa shape index (κ2) is 4.44. The van der Waals surface area contributed by atoms with E-state index in [9.17, 15) is 4.79 Å². The third kappa shape index (κ3) is 1.68. The number of hydrogen-bond acceptors (Lipinski definition) is 4. The number of para-hydroxylation sites is 1. The van der Waals surface area contributed by atoms with Gasteiger partial charge in [-0.1, -0.05) is 18.2 Å². The van der Waals surface area contributed by atoms with Gasteiger partial charge < -0.3 is 14.8 Å². The minimum atomic E-state index is -0.591. The molecule has 1 atom stereocenters. The van der Waals surface area contributed by atoms with E-state index in [0.717, 1.165) is 35.1 Å². The smallest absolute Gasteiger partial charge is 0.331 e. The van der Waals surface area contributed by atoms with Gasteiger partial charge >= 0.3 is 5.97 Å². The third-order valence-electron chi connectivity index (χ3n) is 3.30. The predicted molar refractivity (Wildman–Crippen MR) is 65.9 cm³/mol. The van der Waals surface area contributed by atoms with Crippen LogP contribution in [0.2, 0.25) is 0 Å². The summed E-state index contributed by atoms with van der Waals surface area (Å²) in [6, 6.07) is 7.46. The van der Waals surface area contributed by atoms with E-state index in [1.807, 2.05) is 24.3 Å². The van der Waals surface area contributed by atoms with Crippen LogP contribution < -0.4 is 5.32 Å². The molecule has 1 aliphatic heterocycles. The average Bonchev–Trinajstić information content (AvgIpc) is 2.77. The molecule has 3 N–H and O–H groups in total. The Morgan fingerprint density at radius 3 is 3.11 bits per heavy atom. The third-order valence-corrected chi connectivity index (χ3v) is 3.30. The lowest BCUT2D eigenvalue weighted by Gasteiger charge is -2.22. The Bertz CT molecular complexity index is 591. The largest absolute Gasteiger partial charge is 0.437 e. The summed E-state index contributed by atoms with van der Waals surface area (Å²) in [5.74, 6) is -0.454. The van der Waals surface area contributed by atoms with Crippen LogP contribution in [0.1, 0.15) is 17.3 Å². The number of fused-ring (bicyclic) bond motifs is 3. The molecular formula is C13H14N2O3. The van der Waals surface area contributed by atoms with E-state index in [1.165, 1.54) is 0 Å². The summed E-state index contributed by atoms with van der Waals surface area (Å²) >= 11 is 0. The number of ether oxygens (including phenoxy) is 1. The molecular weight excluding hydrogens is 232 g/mol. The topological polar surface area (TPSA) is 74.3 Å². The highest BCUT2D eigenvalue weighted by Crippen LogP contribution is 2.30. The van der Waals surface area contributed by atoms with Gasteiger partial charge in [-0.3, -0.25) is 5.32 Å². The van der Waals surface area contributed by atoms with Crippen LogP contribution in [0.3, 0.4) is 0 Å². The van der Waals surface area contributed by atoms with Gasteiger partial charge in [-0.2, -0.15) is 0 Å². The zero-order chi connectivity index (χ0) is 12.5. The Kier molecular flexibility index (Phi) is 2.77. The van der Waals surface area contributed by atoms with E-state index < -0.39 is 18.8 Å². The second-order valence-electron chi connectivity index (χ2n) is 4.29. The summed E-state index contributed by atoms with van der Waals surface area (Å²) in [7, 11) is 0. The van der Waals surface area contributed by atoms with Crippen LogP contribution in [0.15, 0.2) is 24.3 Å². The number of carbonyl (C=O) groups is 1. The fourth-order valence-corrected chi connectivity index (χ4v) is 2.53. The van der Waals surface area contributed by atoms with Crippen LogP contribution in [0.25, 0.3) is 10.9 Å². The first-order valence-corrected chi connectivity index (χ1v) is 5.91. The molecule has 1 aromatic heterocycles. The van der Waals surface area contributed by atoms with Crippen molar-refractivity contribution in [3.8, 4) is 0 Å². The summed E-state index contributed by atoms with van der Waals surface area (Å²) in [6.45, 7) is 0.132. The molecule has 0 saturated carbocycles. The molecule has 0 amide bonds. The summed E-state index contributed by atoms with van der Waals surface area (Å²) in [6.07, 6.45) is 0.877. The number of aromatic nitrogens is 1. The zero-order valence-electron chi connectivity index (χ0n) is 9.77. The number of hydrogen-bond donors (Lipinski definition) is 3. The van der Waals surface area contributed by atoms with E-state index >= 15 is 0 Å². The lowest BCUT2D eigenvalue weighted by Crippen LogP contribution is -2.36. The van der Waals surface area contributed by atoms with Crippen LogP contribution >= 0.6 is 0 Å². The maximum Gasteiger partial charge on any atom is 0.331 e. The number of esters is 1. The number of rotatable bonds is 2. The molecule has 5 heteroatoms. The molecule has 0 fully saturated rings. The fraction of sp³-hybridized carbons (Fsp3) is 0.308. The molecule has 3 rings (SSSR count). The van der Waals surface area contributed by atoms with Crippen molar-refractivity contribution in [2.24, 2.45) is 0 Å². The van der Waals surface area contributed by atoms with Gasteiger partial charge in [0, 0.05) is 23.1 Å². The minimum absolute atomic E-state index is 0.454. The van der Waals surface area contributed by atoms with E-state index in [-0.39, 0.29) is 0 Å². The molecule has 0 aliphatic carbocycles. The molecule has 18 heavy (non-hydrogen) atoms. The molecule has 0 radical (unpaired) electrons. The first-order valence-electron chi connectivity index (χ1n) is 5.91. The van der Waals surface area contributed by atoms with Crippen LogP contribution in [-0.2, 0) is 16.0 Å². The van der Waals surface area contributed by atoms with E-state index in [1.54, 1.807) is 0 Å². The number of aromatic amines is 1. The number of H-pyrrole nitrogens is 1. The predicted octanol–water partition coefficient (Wildman–Crippen LogP) is 0.848. The Labute approximate surface area is 104 Å². The Morgan fingerprint density at radius 1 is 1.44 bits per heavy atom. The van der Waals surface area contributed by atoms with Gasteiger partial charge in [0.05, 0.1) is 0 Å². The van der Waals surface area contributed by atoms with E-state index in [4.69, 9.17) is 5.11 Å². The van der Waals surface area contributed by atoms with Gasteiger partial charge in [0.15, 0.2) is 6.79 Å². The van der Waals surface area contributed by atoms with E-state index in [2.05, 4.69) is 15.0 Å². The van der Waals surface area contributed by atoms with E-state index in [0.29, 0.717) is 0 Å². The molecule has 0 bridgehead atoms. The van der Waals surface area contributed by atoms with Crippen LogP contribution in [-0.4, -0.2) is 29.4 Å². The number of aliphatic hydroxyl groups is 1. The molecule has 0 saturated heterocycles. The van der Waals surface area contributed by atoms with Gasteiger partial charge in [-0.05, 0) is 18.1 Å². The van der Waals surface area contributed by atoms with Crippen molar-refractivity contribution < 1.29 is 14.6 Å². The molecule has 1 aromatic carbocycles. The Balaban J connectivity index is 2.08. The minimum Gasteiger partial charge on any atom is -0.437 e. The van der Waals surface area contributed by atoms with Crippen molar-refractivity contribution in [3.63, 3.8) is 0 Å². The Hall–Kier alpha value is -1.85. The van der Waals surface area contributed by atoms with Gasteiger partial charge in [-0.15, -0.1) is 0 Å². The molecule has 94 valence electrons. The molecule has 1 unspecified atom stereocenters. The standard InChI is InChI=1S/C13H14N2O3/c16-7-18-13(17)12-11-9(5-6-14-12)8-3-1-2-4-10(8)15-11/h1-4,12,14-16H,5-7H2. The van der Waals surface area contributed by atoms with Crippen molar-refractivity contribution in [1.29, 1.82) is 0 Å². The maximum absolute atomic E-state index is 11.8. The highest BCUT2D eigenvalue weighted by molar-refractivity contribution is 5.88. The SMILES string of the molecule is O=C(OCO)C1NCCc2c1[nH]c1ccccc21. The van der Waals surface area contributed by atoms with Crippen molar-refractivity contribution in [2.45, 2.75) is 12.5 Å². The highest BCUT2D eigenvalue weighted by Gasteiger charge is 2.30. The molecule has 1 aliphatic rings. The number of nitrogens with one attached hydrogen (secondary N) is 2. The molecule has 2 heterocycles. The fourth-order valence-electron chi connectivity index (χ4n) is 2.53. The normalized spacial score (nSPS) is 18.6. The monoisotopic (exact) mass is 246 g/mol. The quantitative estimate of drug-likeness (QED) is 0.542.